The second-order valence-electron chi connectivity index (χ2n) is 8.07. The molecule has 1 aliphatic carbocycles. The highest BCUT2D eigenvalue weighted by Crippen LogP contribution is 2.27. The summed E-state index contributed by atoms with van der Waals surface area (Å²) in [7, 11) is 0. The van der Waals surface area contributed by atoms with Crippen LogP contribution in [0.25, 0.3) is 0 Å². The molecular formula is C21H32N4O2. The van der Waals surface area contributed by atoms with Gasteiger partial charge in [0.1, 0.15) is 0 Å². The van der Waals surface area contributed by atoms with Crippen LogP contribution in [0.2, 0.25) is 0 Å². The molecule has 3 rings (SSSR count). The van der Waals surface area contributed by atoms with E-state index in [1.54, 1.807) is 0 Å². The molecule has 2 aliphatic rings. The van der Waals surface area contributed by atoms with Gasteiger partial charge in [-0.1, -0.05) is 18.6 Å². The Balaban J connectivity index is 1.40. The molecule has 27 heavy (non-hydrogen) atoms. The van der Waals surface area contributed by atoms with Crippen molar-refractivity contribution in [3.63, 3.8) is 0 Å². The van der Waals surface area contributed by atoms with Crippen molar-refractivity contribution in [2.75, 3.05) is 25.0 Å². The highest BCUT2D eigenvalue weighted by molar-refractivity contribution is 5.90. The average Bonchev–Trinajstić information content (AvgIpc) is 3.06. The largest absolute Gasteiger partial charge is 0.369 e. The fourth-order valence-corrected chi connectivity index (χ4v) is 4.25. The number of likely N-dealkylation sites (tertiary alicyclic amines) is 1. The average molecular weight is 373 g/mol. The molecule has 1 saturated heterocycles. The fourth-order valence-electron chi connectivity index (χ4n) is 4.25. The van der Waals surface area contributed by atoms with E-state index in [1.165, 1.54) is 5.56 Å². The Hall–Kier alpha value is -1.92. The Kier molecular flexibility index (Phi) is 6.85. The molecule has 6 heteroatoms. The summed E-state index contributed by atoms with van der Waals surface area (Å²) in [6.45, 7) is 2.85. The number of nitrogens with one attached hydrogen (secondary N) is 1. The van der Waals surface area contributed by atoms with Crippen molar-refractivity contribution in [2.45, 2.75) is 51.0 Å². The van der Waals surface area contributed by atoms with Crippen LogP contribution < -0.4 is 16.8 Å². The highest BCUT2D eigenvalue weighted by Gasteiger charge is 2.26. The standard InChI is InChI=1S/C21H32N4O2/c22-19-3-1-2-17(19)14-20(26)24-18-6-4-15(5-7-18)8-11-25-12-9-16(10-13-25)21(23)27/h4-7,16-17,19H,1-3,8-14,22H2,(H2,23,27)(H,24,26)/t17-,19+/m0/s1. The molecule has 0 spiro atoms. The van der Waals surface area contributed by atoms with Crippen LogP contribution in [0, 0.1) is 11.8 Å². The van der Waals surface area contributed by atoms with E-state index < -0.39 is 0 Å². The maximum atomic E-state index is 12.2. The summed E-state index contributed by atoms with van der Waals surface area (Å²) in [6, 6.07) is 8.27. The van der Waals surface area contributed by atoms with Gasteiger partial charge in [0.15, 0.2) is 0 Å². The van der Waals surface area contributed by atoms with Gasteiger partial charge >= 0.3 is 0 Å². The van der Waals surface area contributed by atoms with Gasteiger partial charge in [-0.25, -0.2) is 0 Å². The predicted molar refractivity (Wildman–Crippen MR) is 107 cm³/mol. The summed E-state index contributed by atoms with van der Waals surface area (Å²) in [5, 5.41) is 2.99. The number of nitrogens with two attached hydrogens (primary N) is 2. The van der Waals surface area contributed by atoms with E-state index in [9.17, 15) is 9.59 Å². The number of nitrogens with zero attached hydrogens (tertiary/aromatic N) is 1. The number of anilines is 1. The number of carbonyl (C=O) groups is 2. The number of hydrogen-bond donors (Lipinski definition) is 3. The predicted octanol–water partition coefficient (Wildman–Crippen LogP) is 1.88. The summed E-state index contributed by atoms with van der Waals surface area (Å²) >= 11 is 0. The summed E-state index contributed by atoms with van der Waals surface area (Å²) in [6.07, 6.45) is 6.44. The van der Waals surface area contributed by atoms with Gasteiger partial charge in [0.2, 0.25) is 11.8 Å². The molecule has 0 unspecified atom stereocenters. The van der Waals surface area contributed by atoms with Crippen molar-refractivity contribution in [3.05, 3.63) is 29.8 Å². The number of rotatable bonds is 7. The maximum Gasteiger partial charge on any atom is 0.224 e. The number of hydrogen-bond acceptors (Lipinski definition) is 4. The molecule has 2 amide bonds. The van der Waals surface area contributed by atoms with E-state index in [0.717, 1.165) is 63.8 Å². The van der Waals surface area contributed by atoms with Gasteiger partial charge in [-0.3, -0.25) is 9.59 Å². The van der Waals surface area contributed by atoms with Crippen LogP contribution in [0.5, 0.6) is 0 Å². The molecule has 1 heterocycles. The number of amides is 2. The van der Waals surface area contributed by atoms with Gasteiger partial charge in [-0.05, 0) is 68.8 Å². The molecule has 0 radical (unpaired) electrons. The first-order chi connectivity index (χ1) is 13.0. The van der Waals surface area contributed by atoms with Gasteiger partial charge in [-0.15, -0.1) is 0 Å². The topological polar surface area (TPSA) is 101 Å². The van der Waals surface area contributed by atoms with Crippen molar-refractivity contribution in [1.82, 2.24) is 4.90 Å². The first-order valence-corrected chi connectivity index (χ1v) is 10.2. The summed E-state index contributed by atoms with van der Waals surface area (Å²) < 4.78 is 0. The minimum absolute atomic E-state index is 0.0444. The first-order valence-electron chi connectivity index (χ1n) is 10.2. The normalized spacial score (nSPS) is 24.0. The van der Waals surface area contributed by atoms with E-state index in [-0.39, 0.29) is 23.8 Å². The van der Waals surface area contributed by atoms with E-state index >= 15 is 0 Å². The van der Waals surface area contributed by atoms with E-state index in [2.05, 4.69) is 22.3 Å². The van der Waals surface area contributed by atoms with Crippen LogP contribution in [0.3, 0.4) is 0 Å². The number of carbonyl (C=O) groups excluding carboxylic acids is 2. The molecule has 148 valence electrons. The molecular weight excluding hydrogens is 340 g/mol. The molecule has 2 fully saturated rings. The summed E-state index contributed by atoms with van der Waals surface area (Å²) in [4.78, 5) is 25.8. The Morgan fingerprint density at radius 2 is 1.78 bits per heavy atom. The molecule has 0 aromatic heterocycles. The third kappa shape index (κ3) is 5.78. The lowest BCUT2D eigenvalue weighted by molar-refractivity contribution is -0.123. The van der Waals surface area contributed by atoms with Crippen molar-refractivity contribution in [1.29, 1.82) is 0 Å². The smallest absolute Gasteiger partial charge is 0.224 e. The molecule has 1 aromatic rings. The first kappa shape index (κ1) is 19.8. The third-order valence-corrected chi connectivity index (χ3v) is 6.11. The Morgan fingerprint density at radius 1 is 1.07 bits per heavy atom. The zero-order chi connectivity index (χ0) is 19.2. The Bertz CT molecular complexity index is 638. The van der Waals surface area contributed by atoms with Gasteiger partial charge in [0.25, 0.3) is 0 Å². The van der Waals surface area contributed by atoms with E-state index in [4.69, 9.17) is 11.5 Å². The Labute approximate surface area is 161 Å². The zero-order valence-corrected chi connectivity index (χ0v) is 16.0. The Morgan fingerprint density at radius 3 is 2.37 bits per heavy atom. The molecule has 6 nitrogen and oxygen atoms in total. The van der Waals surface area contributed by atoms with Gasteiger partial charge < -0.3 is 21.7 Å². The lowest BCUT2D eigenvalue weighted by Crippen LogP contribution is -2.39. The van der Waals surface area contributed by atoms with Crippen LogP contribution in [0.4, 0.5) is 5.69 Å². The third-order valence-electron chi connectivity index (χ3n) is 6.11. The lowest BCUT2D eigenvalue weighted by Gasteiger charge is -2.30. The van der Waals surface area contributed by atoms with E-state index in [0.29, 0.717) is 12.3 Å². The minimum atomic E-state index is -0.165. The lowest BCUT2D eigenvalue weighted by atomic mass is 9.96. The molecule has 2 atom stereocenters. The maximum absolute atomic E-state index is 12.2. The monoisotopic (exact) mass is 372 g/mol. The molecule has 1 aliphatic heterocycles. The van der Waals surface area contributed by atoms with Crippen molar-refractivity contribution in [2.24, 2.45) is 23.3 Å². The zero-order valence-electron chi connectivity index (χ0n) is 16.0. The quantitative estimate of drug-likeness (QED) is 0.680. The number of piperidine rings is 1. The van der Waals surface area contributed by atoms with Gasteiger partial charge in [0.05, 0.1) is 0 Å². The summed E-state index contributed by atoms with van der Waals surface area (Å²) in [5.41, 5.74) is 13.5. The van der Waals surface area contributed by atoms with Gasteiger partial charge in [-0.2, -0.15) is 0 Å². The number of primary amides is 1. The van der Waals surface area contributed by atoms with E-state index in [1.807, 2.05) is 12.1 Å². The van der Waals surface area contributed by atoms with Crippen molar-refractivity contribution < 1.29 is 9.59 Å². The van der Waals surface area contributed by atoms with Crippen LogP contribution in [-0.4, -0.2) is 42.4 Å². The van der Waals surface area contributed by atoms with Crippen LogP contribution >= 0.6 is 0 Å². The van der Waals surface area contributed by atoms with Crippen molar-refractivity contribution >= 4 is 17.5 Å². The highest BCUT2D eigenvalue weighted by atomic mass is 16.2. The van der Waals surface area contributed by atoms with Crippen LogP contribution in [-0.2, 0) is 16.0 Å². The van der Waals surface area contributed by atoms with Crippen LogP contribution in [0.15, 0.2) is 24.3 Å². The molecule has 1 saturated carbocycles. The minimum Gasteiger partial charge on any atom is -0.369 e. The SMILES string of the molecule is NC(=O)C1CCN(CCc2ccc(NC(=O)C[C@@H]3CCC[C@H]3N)cc2)CC1. The molecule has 5 N–H and O–H groups in total. The number of benzene rings is 1. The molecule has 1 aromatic carbocycles. The molecule has 0 bridgehead atoms. The fraction of sp³-hybridized carbons (Fsp3) is 0.619. The van der Waals surface area contributed by atoms with Crippen LogP contribution in [0.1, 0.15) is 44.1 Å². The summed E-state index contributed by atoms with van der Waals surface area (Å²) in [5.74, 6) is 0.260. The van der Waals surface area contributed by atoms with Crippen molar-refractivity contribution in [3.8, 4) is 0 Å². The second-order valence-corrected chi connectivity index (χ2v) is 8.07. The van der Waals surface area contributed by atoms with Gasteiger partial charge in [0, 0.05) is 30.6 Å². The second kappa shape index (κ2) is 9.33.